The molecule has 0 saturated heterocycles. The van der Waals surface area contributed by atoms with Crippen LogP contribution in [0.1, 0.15) is 24.0 Å². The maximum absolute atomic E-state index is 9.65. The fraction of sp³-hybridized carbons (Fsp3) is 0.455. The molecule has 0 aliphatic rings. The Balaban J connectivity index is 3.13. The standard InChI is InChI=1S/C11H17NO2/c1-7-4-9(8(2)6-12)5-10(13)11(7)14-3/h4-5,8,13H,6,12H2,1-3H3. The van der Waals surface area contributed by atoms with Crippen molar-refractivity contribution in [2.24, 2.45) is 5.73 Å². The summed E-state index contributed by atoms with van der Waals surface area (Å²) in [6, 6.07) is 3.71. The first kappa shape index (κ1) is 10.9. The van der Waals surface area contributed by atoms with Gasteiger partial charge in [-0.15, -0.1) is 0 Å². The smallest absolute Gasteiger partial charge is 0.163 e. The predicted octanol–water partition coefficient (Wildman–Crippen LogP) is 1.77. The molecular formula is C11H17NO2. The number of hydrogen-bond acceptors (Lipinski definition) is 3. The highest BCUT2D eigenvalue weighted by molar-refractivity contribution is 5.48. The van der Waals surface area contributed by atoms with Crippen molar-refractivity contribution in [2.45, 2.75) is 19.8 Å². The summed E-state index contributed by atoms with van der Waals surface area (Å²) in [5.41, 5.74) is 7.54. The van der Waals surface area contributed by atoms with Gasteiger partial charge >= 0.3 is 0 Å². The normalized spacial score (nSPS) is 12.6. The second kappa shape index (κ2) is 4.33. The molecule has 0 spiro atoms. The average molecular weight is 195 g/mol. The first-order valence-corrected chi connectivity index (χ1v) is 4.67. The highest BCUT2D eigenvalue weighted by Gasteiger charge is 2.10. The molecule has 3 nitrogen and oxygen atoms in total. The number of phenolic OH excluding ortho intramolecular Hbond substituents is 1. The van der Waals surface area contributed by atoms with Gasteiger partial charge in [0, 0.05) is 0 Å². The molecule has 0 aromatic heterocycles. The molecule has 1 atom stereocenters. The number of nitrogens with two attached hydrogens (primary N) is 1. The Kier molecular flexibility index (Phi) is 3.36. The van der Waals surface area contributed by atoms with E-state index in [-0.39, 0.29) is 11.7 Å². The monoisotopic (exact) mass is 195 g/mol. The zero-order valence-corrected chi connectivity index (χ0v) is 8.87. The number of aryl methyl sites for hydroxylation is 1. The van der Waals surface area contributed by atoms with Gasteiger partial charge in [-0.25, -0.2) is 0 Å². The van der Waals surface area contributed by atoms with Crippen LogP contribution in [0.2, 0.25) is 0 Å². The molecule has 0 heterocycles. The first-order chi connectivity index (χ1) is 6.60. The molecule has 3 N–H and O–H groups in total. The number of benzene rings is 1. The van der Waals surface area contributed by atoms with E-state index in [4.69, 9.17) is 10.5 Å². The van der Waals surface area contributed by atoms with E-state index >= 15 is 0 Å². The van der Waals surface area contributed by atoms with Crippen LogP contribution >= 0.6 is 0 Å². The van der Waals surface area contributed by atoms with Crippen LogP contribution in [0.3, 0.4) is 0 Å². The molecule has 0 amide bonds. The van der Waals surface area contributed by atoms with Gasteiger partial charge in [0.2, 0.25) is 0 Å². The Morgan fingerprint density at radius 2 is 2.14 bits per heavy atom. The summed E-state index contributed by atoms with van der Waals surface area (Å²) in [7, 11) is 1.55. The van der Waals surface area contributed by atoms with Crippen LogP contribution in [0.25, 0.3) is 0 Å². The number of phenols is 1. The maximum atomic E-state index is 9.65. The lowest BCUT2D eigenvalue weighted by atomic mass is 9.98. The summed E-state index contributed by atoms with van der Waals surface area (Å²) >= 11 is 0. The van der Waals surface area contributed by atoms with Gasteiger partial charge in [0.25, 0.3) is 0 Å². The third-order valence-corrected chi connectivity index (χ3v) is 2.40. The molecule has 0 aliphatic carbocycles. The van der Waals surface area contributed by atoms with Gasteiger partial charge in [-0.1, -0.05) is 13.0 Å². The molecule has 1 rings (SSSR count). The number of methoxy groups -OCH3 is 1. The van der Waals surface area contributed by atoms with Crippen molar-refractivity contribution in [1.29, 1.82) is 0 Å². The Labute approximate surface area is 84.5 Å². The largest absolute Gasteiger partial charge is 0.504 e. The molecule has 1 aromatic rings. The molecule has 3 heteroatoms. The first-order valence-electron chi connectivity index (χ1n) is 4.67. The van der Waals surface area contributed by atoms with Gasteiger partial charge in [-0.05, 0) is 36.6 Å². The van der Waals surface area contributed by atoms with E-state index in [9.17, 15) is 5.11 Å². The van der Waals surface area contributed by atoms with Crippen LogP contribution in [-0.4, -0.2) is 18.8 Å². The van der Waals surface area contributed by atoms with Gasteiger partial charge in [-0.2, -0.15) is 0 Å². The zero-order valence-electron chi connectivity index (χ0n) is 8.87. The molecule has 0 aliphatic heterocycles. The van der Waals surface area contributed by atoms with Crippen LogP contribution in [0.15, 0.2) is 12.1 Å². The Morgan fingerprint density at radius 3 is 2.57 bits per heavy atom. The molecule has 1 aromatic carbocycles. The quantitative estimate of drug-likeness (QED) is 0.772. The lowest BCUT2D eigenvalue weighted by Crippen LogP contribution is -2.09. The van der Waals surface area contributed by atoms with E-state index in [0.29, 0.717) is 12.3 Å². The molecule has 0 bridgehead atoms. The fourth-order valence-corrected chi connectivity index (χ4v) is 1.47. The summed E-state index contributed by atoms with van der Waals surface area (Å²) in [5.74, 6) is 0.978. The minimum absolute atomic E-state index is 0.183. The van der Waals surface area contributed by atoms with E-state index in [1.54, 1.807) is 13.2 Å². The van der Waals surface area contributed by atoms with Crippen LogP contribution < -0.4 is 10.5 Å². The third-order valence-electron chi connectivity index (χ3n) is 2.40. The highest BCUT2D eigenvalue weighted by atomic mass is 16.5. The van der Waals surface area contributed by atoms with Gasteiger partial charge in [0.05, 0.1) is 7.11 Å². The number of aromatic hydroxyl groups is 1. The topological polar surface area (TPSA) is 55.5 Å². The average Bonchev–Trinajstić information content (AvgIpc) is 2.16. The molecule has 1 unspecified atom stereocenters. The van der Waals surface area contributed by atoms with E-state index in [1.165, 1.54) is 0 Å². The van der Waals surface area contributed by atoms with Gasteiger partial charge < -0.3 is 15.6 Å². The number of hydrogen-bond donors (Lipinski definition) is 2. The van der Waals surface area contributed by atoms with Gasteiger partial charge in [0.15, 0.2) is 11.5 Å². The SMILES string of the molecule is COc1c(C)cc(C(C)CN)cc1O. The Bertz CT molecular complexity index is 300. The summed E-state index contributed by atoms with van der Waals surface area (Å²) in [6.07, 6.45) is 0. The van der Waals surface area contributed by atoms with Crippen molar-refractivity contribution in [3.63, 3.8) is 0 Å². The molecule has 14 heavy (non-hydrogen) atoms. The van der Waals surface area contributed by atoms with Gasteiger partial charge in [0.1, 0.15) is 0 Å². The van der Waals surface area contributed by atoms with E-state index in [0.717, 1.165) is 11.1 Å². The van der Waals surface area contributed by atoms with Crippen molar-refractivity contribution in [3.05, 3.63) is 23.3 Å². The van der Waals surface area contributed by atoms with Gasteiger partial charge in [-0.3, -0.25) is 0 Å². The van der Waals surface area contributed by atoms with E-state index < -0.39 is 0 Å². The van der Waals surface area contributed by atoms with Crippen molar-refractivity contribution in [3.8, 4) is 11.5 Å². The second-order valence-electron chi connectivity index (χ2n) is 3.53. The molecule has 0 fully saturated rings. The van der Waals surface area contributed by atoms with Crippen LogP contribution in [0, 0.1) is 6.92 Å². The summed E-state index contributed by atoms with van der Waals surface area (Å²) in [5, 5.41) is 9.65. The molecule has 78 valence electrons. The van der Waals surface area contributed by atoms with Crippen LogP contribution in [0.5, 0.6) is 11.5 Å². The second-order valence-corrected chi connectivity index (χ2v) is 3.53. The number of rotatable bonds is 3. The minimum atomic E-state index is 0.183. The van der Waals surface area contributed by atoms with E-state index in [1.807, 2.05) is 19.9 Å². The fourth-order valence-electron chi connectivity index (χ4n) is 1.47. The highest BCUT2D eigenvalue weighted by Crippen LogP contribution is 2.33. The summed E-state index contributed by atoms with van der Waals surface area (Å²) < 4.78 is 5.06. The third kappa shape index (κ3) is 1.99. The lowest BCUT2D eigenvalue weighted by molar-refractivity contribution is 0.370. The molecule has 0 saturated carbocycles. The van der Waals surface area contributed by atoms with Crippen molar-refractivity contribution < 1.29 is 9.84 Å². The zero-order chi connectivity index (χ0) is 10.7. The molecular weight excluding hydrogens is 178 g/mol. The predicted molar refractivity (Wildman–Crippen MR) is 56.9 cm³/mol. The van der Waals surface area contributed by atoms with Crippen molar-refractivity contribution >= 4 is 0 Å². The summed E-state index contributed by atoms with van der Waals surface area (Å²) in [6.45, 7) is 4.51. The maximum Gasteiger partial charge on any atom is 0.163 e. The Morgan fingerprint density at radius 1 is 1.50 bits per heavy atom. The van der Waals surface area contributed by atoms with Crippen LogP contribution in [0.4, 0.5) is 0 Å². The number of ether oxygens (including phenoxy) is 1. The molecule has 0 radical (unpaired) electrons. The lowest BCUT2D eigenvalue weighted by Gasteiger charge is -2.13. The summed E-state index contributed by atoms with van der Waals surface area (Å²) in [4.78, 5) is 0. The van der Waals surface area contributed by atoms with Crippen LogP contribution in [-0.2, 0) is 0 Å². The minimum Gasteiger partial charge on any atom is -0.504 e. The Hall–Kier alpha value is -1.22. The van der Waals surface area contributed by atoms with Crippen molar-refractivity contribution in [1.82, 2.24) is 0 Å². The van der Waals surface area contributed by atoms with Crippen molar-refractivity contribution in [2.75, 3.05) is 13.7 Å². The van der Waals surface area contributed by atoms with E-state index in [2.05, 4.69) is 0 Å².